The van der Waals surface area contributed by atoms with Crippen LogP contribution in [-0.4, -0.2) is 48.0 Å². The van der Waals surface area contributed by atoms with Gasteiger partial charge in [0, 0.05) is 56.7 Å². The van der Waals surface area contributed by atoms with Crippen LogP contribution >= 0.6 is 0 Å². The number of nitrogens with one attached hydrogen (secondary N) is 2. The highest BCUT2D eigenvalue weighted by Gasteiger charge is 2.32. The van der Waals surface area contributed by atoms with Gasteiger partial charge in [-0.2, -0.15) is 0 Å². The van der Waals surface area contributed by atoms with E-state index in [2.05, 4.69) is 11.9 Å². The van der Waals surface area contributed by atoms with Gasteiger partial charge in [0.25, 0.3) is 0 Å². The third-order valence-corrected chi connectivity index (χ3v) is 5.43. The first-order chi connectivity index (χ1) is 16.4. The number of allylic oxidation sites excluding steroid dienone is 6. The molecule has 1 heterocycles. The fourth-order valence-corrected chi connectivity index (χ4v) is 4.13. The second kappa shape index (κ2) is 12.4. The average Bonchev–Trinajstić information content (AvgIpc) is 2.75. The van der Waals surface area contributed by atoms with Crippen molar-refractivity contribution in [3.8, 4) is 0 Å². The Bertz CT molecular complexity index is 1080. The van der Waals surface area contributed by atoms with Crippen LogP contribution in [0.25, 0.3) is 5.57 Å². The van der Waals surface area contributed by atoms with Crippen LogP contribution in [0.15, 0.2) is 72.5 Å². The molecule has 35 heavy (non-hydrogen) atoms. The number of hydrogen-bond donors (Lipinski definition) is 3. The lowest BCUT2D eigenvalue weighted by atomic mass is 9.87. The molecule has 1 aromatic carbocycles. The SMILES string of the molecule is C=C(F)/C=C(/C=C/C(=O)O)\C=C(\F)C[C@@H]1c2ccc(/C(C=N)=C/NC)cc2CCN1CC(C)(C)F. The highest BCUT2D eigenvalue weighted by Crippen LogP contribution is 2.37. The lowest BCUT2D eigenvalue weighted by Gasteiger charge is -2.39. The summed E-state index contributed by atoms with van der Waals surface area (Å²) in [6.45, 7) is 6.67. The molecule has 0 aliphatic carbocycles. The summed E-state index contributed by atoms with van der Waals surface area (Å²) >= 11 is 0. The molecule has 0 amide bonds. The molecule has 5 nitrogen and oxygen atoms in total. The van der Waals surface area contributed by atoms with Crippen molar-refractivity contribution in [3.05, 3.63) is 89.2 Å². The van der Waals surface area contributed by atoms with E-state index in [1.54, 1.807) is 13.2 Å². The molecule has 1 atom stereocenters. The quantitative estimate of drug-likeness (QED) is 0.208. The van der Waals surface area contributed by atoms with Gasteiger partial charge in [-0.05, 0) is 60.8 Å². The molecule has 3 N–H and O–H groups in total. The Morgan fingerprint density at radius 1 is 1.31 bits per heavy atom. The number of carbonyl (C=O) groups is 1. The van der Waals surface area contributed by atoms with E-state index in [1.165, 1.54) is 20.1 Å². The molecule has 0 radical (unpaired) electrons. The number of benzene rings is 1. The first-order valence-electron chi connectivity index (χ1n) is 11.2. The van der Waals surface area contributed by atoms with Crippen molar-refractivity contribution in [3.63, 3.8) is 0 Å². The summed E-state index contributed by atoms with van der Waals surface area (Å²) in [6, 6.07) is 5.20. The van der Waals surface area contributed by atoms with Crippen LogP contribution in [0.1, 0.15) is 43.0 Å². The molecule has 0 saturated heterocycles. The smallest absolute Gasteiger partial charge is 0.328 e. The van der Waals surface area contributed by atoms with E-state index in [0.717, 1.165) is 41.0 Å². The zero-order valence-electron chi connectivity index (χ0n) is 20.2. The van der Waals surface area contributed by atoms with Crippen molar-refractivity contribution in [1.29, 1.82) is 5.41 Å². The molecule has 0 unspecified atom stereocenters. The van der Waals surface area contributed by atoms with E-state index in [9.17, 15) is 13.6 Å². The van der Waals surface area contributed by atoms with E-state index in [0.29, 0.717) is 18.5 Å². The topological polar surface area (TPSA) is 76.4 Å². The average molecular weight is 488 g/mol. The third kappa shape index (κ3) is 8.72. The van der Waals surface area contributed by atoms with Crippen molar-refractivity contribution in [2.24, 2.45) is 0 Å². The minimum Gasteiger partial charge on any atom is -0.478 e. The number of rotatable bonds is 11. The number of carboxylic acids is 1. The molecule has 0 bridgehead atoms. The van der Waals surface area contributed by atoms with Gasteiger partial charge >= 0.3 is 5.97 Å². The lowest BCUT2D eigenvalue weighted by Crippen LogP contribution is -2.42. The van der Waals surface area contributed by atoms with Crippen LogP contribution in [0, 0.1) is 5.41 Å². The monoisotopic (exact) mass is 487 g/mol. The molecule has 0 aromatic heterocycles. The number of hydrogen-bond acceptors (Lipinski definition) is 4. The summed E-state index contributed by atoms with van der Waals surface area (Å²) in [7, 11) is 1.75. The Morgan fingerprint density at radius 2 is 2.03 bits per heavy atom. The van der Waals surface area contributed by atoms with Crippen molar-refractivity contribution < 1.29 is 23.1 Å². The Labute approximate surface area is 204 Å². The summed E-state index contributed by atoms with van der Waals surface area (Å²) < 4.78 is 43.1. The molecule has 0 fully saturated rings. The Morgan fingerprint density at radius 3 is 2.60 bits per heavy atom. The number of carboxylic acid groups (broad SMARTS) is 1. The second-order valence-corrected chi connectivity index (χ2v) is 8.96. The van der Waals surface area contributed by atoms with Gasteiger partial charge in [-0.1, -0.05) is 24.8 Å². The number of fused-ring (bicyclic) bond motifs is 1. The van der Waals surface area contributed by atoms with Gasteiger partial charge in [0.1, 0.15) is 17.3 Å². The lowest BCUT2D eigenvalue weighted by molar-refractivity contribution is -0.131. The standard InChI is InChI=1S/C27H32F3N3O2/c1-18(28)11-19(5-8-26(34)35)12-23(29)14-25-24-7-6-20(22(15-31)16-32-4)13-21(24)9-10-33(25)17-27(2,3)30/h5-8,11-13,15-16,25,31-32H,1,9-10,14,17H2,2-4H3,(H,34,35)/b8-5+,19-11-,22-16+,23-12+,31-15?/t25-/m1/s1. The van der Waals surface area contributed by atoms with Gasteiger partial charge in [-0.15, -0.1) is 0 Å². The molecule has 188 valence electrons. The van der Waals surface area contributed by atoms with Gasteiger partial charge in [0.2, 0.25) is 0 Å². The minimum absolute atomic E-state index is 0.00831. The molecule has 1 aliphatic heterocycles. The normalized spacial score (nSPS) is 17.9. The van der Waals surface area contributed by atoms with Crippen LogP contribution in [0.3, 0.4) is 0 Å². The van der Waals surface area contributed by atoms with Crippen molar-refractivity contribution in [2.45, 2.75) is 38.4 Å². The number of nitrogens with zero attached hydrogens (tertiary/aromatic N) is 1. The van der Waals surface area contributed by atoms with Crippen LogP contribution in [-0.2, 0) is 11.2 Å². The van der Waals surface area contributed by atoms with Crippen molar-refractivity contribution in [1.82, 2.24) is 10.2 Å². The van der Waals surface area contributed by atoms with Gasteiger partial charge in [-0.25, -0.2) is 18.0 Å². The molecular formula is C27H32F3N3O2. The van der Waals surface area contributed by atoms with Crippen LogP contribution in [0.4, 0.5) is 13.2 Å². The highest BCUT2D eigenvalue weighted by atomic mass is 19.1. The van der Waals surface area contributed by atoms with Gasteiger partial charge < -0.3 is 15.8 Å². The Kier molecular flexibility index (Phi) is 9.83. The molecule has 2 rings (SSSR count). The van der Waals surface area contributed by atoms with Gasteiger partial charge in [-0.3, -0.25) is 4.90 Å². The van der Waals surface area contributed by atoms with Crippen LogP contribution in [0.5, 0.6) is 0 Å². The third-order valence-electron chi connectivity index (χ3n) is 5.43. The van der Waals surface area contributed by atoms with Gasteiger partial charge in [0.15, 0.2) is 0 Å². The number of alkyl halides is 1. The predicted octanol–water partition coefficient (Wildman–Crippen LogP) is 5.84. The zero-order valence-corrected chi connectivity index (χ0v) is 20.2. The fourth-order valence-electron chi connectivity index (χ4n) is 4.13. The summed E-state index contributed by atoms with van der Waals surface area (Å²) in [4.78, 5) is 12.7. The van der Waals surface area contributed by atoms with Crippen molar-refractivity contribution in [2.75, 3.05) is 20.1 Å². The van der Waals surface area contributed by atoms with E-state index in [4.69, 9.17) is 10.5 Å². The van der Waals surface area contributed by atoms with Crippen LogP contribution in [0.2, 0.25) is 0 Å². The Hall–Kier alpha value is -3.39. The molecule has 1 aliphatic rings. The summed E-state index contributed by atoms with van der Waals surface area (Å²) in [5.74, 6) is -2.70. The fraction of sp³-hybridized carbons (Fsp3) is 0.333. The molecule has 0 saturated carbocycles. The van der Waals surface area contributed by atoms with Crippen molar-refractivity contribution >= 4 is 17.8 Å². The van der Waals surface area contributed by atoms with Gasteiger partial charge in [0.05, 0.1) is 0 Å². The van der Waals surface area contributed by atoms with E-state index in [1.807, 2.05) is 23.1 Å². The molecular weight excluding hydrogens is 455 g/mol. The predicted molar refractivity (Wildman–Crippen MR) is 134 cm³/mol. The zero-order chi connectivity index (χ0) is 26.2. The number of aliphatic carboxylic acids is 1. The van der Waals surface area contributed by atoms with E-state index >= 15 is 4.39 Å². The first-order valence-corrected chi connectivity index (χ1v) is 11.2. The first kappa shape index (κ1) is 27.9. The van der Waals surface area contributed by atoms with E-state index in [-0.39, 0.29) is 18.5 Å². The number of halogens is 3. The maximum absolute atomic E-state index is 15.2. The van der Waals surface area contributed by atoms with E-state index < -0.39 is 29.3 Å². The van der Waals surface area contributed by atoms with Crippen LogP contribution < -0.4 is 5.32 Å². The molecule has 8 heteroatoms. The Balaban J connectivity index is 2.47. The maximum atomic E-state index is 15.2. The summed E-state index contributed by atoms with van der Waals surface area (Å²) in [6.07, 6.45) is 7.37. The molecule has 1 aromatic rings. The maximum Gasteiger partial charge on any atom is 0.328 e. The minimum atomic E-state index is -1.50. The summed E-state index contributed by atoms with van der Waals surface area (Å²) in [5, 5.41) is 19.4. The molecule has 0 spiro atoms. The highest BCUT2D eigenvalue weighted by molar-refractivity contribution is 6.08. The largest absolute Gasteiger partial charge is 0.478 e. The summed E-state index contributed by atoms with van der Waals surface area (Å²) in [5.41, 5.74) is 1.87. The second-order valence-electron chi connectivity index (χ2n) is 8.96.